The van der Waals surface area contributed by atoms with Crippen molar-refractivity contribution < 1.29 is 4.74 Å². The molecule has 84 valence electrons. The summed E-state index contributed by atoms with van der Waals surface area (Å²) >= 11 is 0. The number of nitrogens with zero attached hydrogens (tertiary/aromatic N) is 4. The summed E-state index contributed by atoms with van der Waals surface area (Å²) in [5, 5.41) is 3.57. The van der Waals surface area contributed by atoms with Gasteiger partial charge < -0.3 is 9.64 Å². The van der Waals surface area contributed by atoms with Crippen molar-refractivity contribution in [2.75, 3.05) is 31.1 Å². The highest BCUT2D eigenvalue weighted by Crippen LogP contribution is 2.29. The zero-order chi connectivity index (χ0) is 11.2. The zero-order valence-electron chi connectivity index (χ0n) is 9.04. The Labute approximate surface area is 94.3 Å². The molecule has 1 aromatic carbocycles. The minimum absolute atomic E-state index is 0.491. The molecule has 1 heterocycles. The second-order valence-electron chi connectivity index (χ2n) is 3.61. The van der Waals surface area contributed by atoms with Gasteiger partial charge in [0.2, 0.25) is 0 Å². The lowest BCUT2D eigenvalue weighted by atomic mass is 10.2. The van der Waals surface area contributed by atoms with Crippen molar-refractivity contribution >= 4 is 5.69 Å². The number of anilines is 1. The van der Waals surface area contributed by atoms with Gasteiger partial charge in [0.25, 0.3) is 0 Å². The molecule has 1 aliphatic rings. The minimum atomic E-state index is 0.491. The summed E-state index contributed by atoms with van der Waals surface area (Å²) in [7, 11) is 0. The third-order valence-corrected chi connectivity index (χ3v) is 2.57. The normalized spacial score (nSPS) is 14.4. The molecule has 0 fully saturated rings. The van der Waals surface area contributed by atoms with Gasteiger partial charge in [-0.05, 0) is 24.1 Å². The van der Waals surface area contributed by atoms with E-state index >= 15 is 0 Å². The van der Waals surface area contributed by atoms with Crippen LogP contribution in [0.25, 0.3) is 10.4 Å². The molecule has 5 nitrogen and oxygen atoms in total. The molecule has 16 heavy (non-hydrogen) atoms. The number of hydrogen-bond acceptors (Lipinski definition) is 3. The SMILES string of the molecule is [N-]=[N+]=NCCN1CCCOc2ccccc21. The molecule has 0 atom stereocenters. The fraction of sp³-hybridized carbons (Fsp3) is 0.455. The largest absolute Gasteiger partial charge is 0.491 e. The maximum absolute atomic E-state index is 8.26. The van der Waals surface area contributed by atoms with E-state index in [1.807, 2.05) is 24.3 Å². The summed E-state index contributed by atoms with van der Waals surface area (Å²) in [6.45, 7) is 2.92. The van der Waals surface area contributed by atoms with Gasteiger partial charge in [-0.3, -0.25) is 0 Å². The monoisotopic (exact) mass is 218 g/mol. The van der Waals surface area contributed by atoms with Crippen LogP contribution >= 0.6 is 0 Å². The Morgan fingerprint density at radius 2 is 2.31 bits per heavy atom. The average molecular weight is 218 g/mol. The maximum Gasteiger partial charge on any atom is 0.142 e. The lowest BCUT2D eigenvalue weighted by Crippen LogP contribution is -2.26. The van der Waals surface area contributed by atoms with Crippen molar-refractivity contribution in [1.82, 2.24) is 0 Å². The van der Waals surface area contributed by atoms with Gasteiger partial charge >= 0.3 is 0 Å². The molecule has 0 unspecified atom stereocenters. The van der Waals surface area contributed by atoms with Gasteiger partial charge in [-0.1, -0.05) is 17.2 Å². The van der Waals surface area contributed by atoms with Crippen LogP contribution in [0, 0.1) is 0 Å². The number of fused-ring (bicyclic) bond motifs is 1. The van der Waals surface area contributed by atoms with E-state index in [9.17, 15) is 0 Å². The van der Waals surface area contributed by atoms with Crippen molar-refractivity contribution in [3.63, 3.8) is 0 Å². The van der Waals surface area contributed by atoms with Gasteiger partial charge in [0.1, 0.15) is 5.75 Å². The summed E-state index contributed by atoms with van der Waals surface area (Å²) in [4.78, 5) is 4.97. The van der Waals surface area contributed by atoms with Gasteiger partial charge in [0.05, 0.1) is 12.3 Å². The number of azide groups is 1. The third kappa shape index (κ3) is 2.38. The van der Waals surface area contributed by atoms with E-state index in [2.05, 4.69) is 14.9 Å². The van der Waals surface area contributed by atoms with Crippen LogP contribution < -0.4 is 9.64 Å². The summed E-state index contributed by atoms with van der Waals surface area (Å²) in [5.41, 5.74) is 9.35. The molecule has 0 saturated heterocycles. The van der Waals surface area contributed by atoms with Crippen LogP contribution in [0.4, 0.5) is 5.69 Å². The van der Waals surface area contributed by atoms with E-state index in [-0.39, 0.29) is 0 Å². The third-order valence-electron chi connectivity index (χ3n) is 2.57. The van der Waals surface area contributed by atoms with Crippen molar-refractivity contribution in [2.45, 2.75) is 6.42 Å². The minimum Gasteiger partial charge on any atom is -0.491 e. The molecular weight excluding hydrogens is 204 g/mol. The van der Waals surface area contributed by atoms with Crippen molar-refractivity contribution in [2.24, 2.45) is 5.11 Å². The first-order valence-corrected chi connectivity index (χ1v) is 5.39. The van der Waals surface area contributed by atoms with E-state index in [4.69, 9.17) is 10.3 Å². The molecule has 0 saturated carbocycles. The Kier molecular flexibility index (Phi) is 3.51. The molecule has 1 aromatic rings. The molecule has 2 rings (SSSR count). The molecule has 0 spiro atoms. The highest BCUT2D eigenvalue weighted by atomic mass is 16.5. The fourth-order valence-corrected chi connectivity index (χ4v) is 1.84. The smallest absolute Gasteiger partial charge is 0.142 e. The van der Waals surface area contributed by atoms with Gasteiger partial charge in [0, 0.05) is 24.5 Å². The number of rotatable bonds is 3. The van der Waals surface area contributed by atoms with Crippen LogP contribution in [0.15, 0.2) is 29.4 Å². The van der Waals surface area contributed by atoms with E-state index in [1.54, 1.807) is 0 Å². The van der Waals surface area contributed by atoms with Gasteiger partial charge in [-0.25, -0.2) is 0 Å². The quantitative estimate of drug-likeness (QED) is 0.444. The molecule has 0 amide bonds. The molecule has 0 bridgehead atoms. The molecule has 0 aliphatic carbocycles. The Morgan fingerprint density at radius 3 is 3.19 bits per heavy atom. The average Bonchev–Trinajstić information content (AvgIpc) is 2.52. The van der Waals surface area contributed by atoms with E-state index in [0.29, 0.717) is 6.54 Å². The van der Waals surface area contributed by atoms with Crippen LogP contribution in [-0.2, 0) is 0 Å². The van der Waals surface area contributed by atoms with E-state index in [1.165, 1.54) is 0 Å². The van der Waals surface area contributed by atoms with Crippen LogP contribution in [-0.4, -0.2) is 26.2 Å². The lowest BCUT2D eigenvalue weighted by molar-refractivity contribution is 0.322. The molecule has 1 aliphatic heterocycles. The topological polar surface area (TPSA) is 61.2 Å². The van der Waals surface area contributed by atoms with Crippen LogP contribution in [0.3, 0.4) is 0 Å². The predicted octanol–water partition coefficient (Wildman–Crippen LogP) is 2.59. The summed E-state index contributed by atoms with van der Waals surface area (Å²) < 4.78 is 5.64. The van der Waals surface area contributed by atoms with Crippen molar-refractivity contribution in [3.8, 4) is 5.75 Å². The summed E-state index contributed by atoms with van der Waals surface area (Å²) in [6.07, 6.45) is 0.991. The molecular formula is C11H14N4O. The standard InChI is InChI=1S/C11H14N4O/c12-14-13-6-8-15-7-3-9-16-11-5-2-1-4-10(11)15/h1-2,4-5H,3,6-9H2. The maximum atomic E-state index is 8.26. The number of para-hydroxylation sites is 2. The lowest BCUT2D eigenvalue weighted by Gasteiger charge is -2.22. The Hall–Kier alpha value is -1.87. The fourth-order valence-electron chi connectivity index (χ4n) is 1.84. The predicted molar refractivity (Wildman–Crippen MR) is 62.8 cm³/mol. The second-order valence-corrected chi connectivity index (χ2v) is 3.61. The first-order chi connectivity index (χ1) is 7.92. The van der Waals surface area contributed by atoms with Gasteiger partial charge in [-0.15, -0.1) is 0 Å². The van der Waals surface area contributed by atoms with Crippen LogP contribution in [0.5, 0.6) is 5.75 Å². The van der Waals surface area contributed by atoms with E-state index in [0.717, 1.165) is 37.6 Å². The number of hydrogen-bond donors (Lipinski definition) is 0. The number of benzene rings is 1. The van der Waals surface area contributed by atoms with Crippen LogP contribution in [0.2, 0.25) is 0 Å². The molecule has 5 heteroatoms. The van der Waals surface area contributed by atoms with Crippen LogP contribution in [0.1, 0.15) is 6.42 Å². The highest BCUT2D eigenvalue weighted by molar-refractivity contribution is 5.58. The number of ether oxygens (including phenoxy) is 1. The van der Waals surface area contributed by atoms with E-state index < -0.39 is 0 Å². The molecule has 0 radical (unpaired) electrons. The Morgan fingerprint density at radius 1 is 1.44 bits per heavy atom. The summed E-state index contributed by atoms with van der Waals surface area (Å²) in [5.74, 6) is 0.918. The Balaban J connectivity index is 2.15. The van der Waals surface area contributed by atoms with Crippen molar-refractivity contribution in [3.05, 3.63) is 34.7 Å². The highest BCUT2D eigenvalue weighted by Gasteiger charge is 2.14. The Bertz CT molecular complexity index is 401. The molecule has 0 N–H and O–H groups in total. The molecule has 0 aromatic heterocycles. The second kappa shape index (κ2) is 5.28. The van der Waals surface area contributed by atoms with Crippen molar-refractivity contribution in [1.29, 1.82) is 0 Å². The van der Waals surface area contributed by atoms with Gasteiger partial charge in [0.15, 0.2) is 0 Å². The first-order valence-electron chi connectivity index (χ1n) is 5.39. The summed E-state index contributed by atoms with van der Waals surface area (Å²) in [6, 6.07) is 7.97. The van der Waals surface area contributed by atoms with Gasteiger partial charge in [-0.2, -0.15) is 0 Å². The first kappa shape index (κ1) is 10.6. The zero-order valence-corrected chi connectivity index (χ0v) is 9.04.